The van der Waals surface area contributed by atoms with E-state index in [2.05, 4.69) is 49.9 Å². The van der Waals surface area contributed by atoms with E-state index in [0.717, 1.165) is 71.0 Å². The van der Waals surface area contributed by atoms with Gasteiger partial charge < -0.3 is 40.2 Å². The third-order valence-electron chi connectivity index (χ3n) is 12.1. The number of methoxy groups -OCH3 is 1. The van der Waals surface area contributed by atoms with Gasteiger partial charge in [0.1, 0.15) is 23.7 Å². The fraction of sp³-hybridized carbons (Fsp3) is 0.442. The highest BCUT2D eigenvalue weighted by molar-refractivity contribution is 5.88. The van der Waals surface area contributed by atoms with Crippen molar-refractivity contribution in [2.45, 2.75) is 89.6 Å². The molecule has 14 nitrogen and oxygen atoms in total. The molecule has 2 aliphatic heterocycles. The van der Waals surface area contributed by atoms with Gasteiger partial charge in [0.05, 0.1) is 43.0 Å². The van der Waals surface area contributed by atoms with Gasteiger partial charge in [-0.05, 0) is 71.6 Å². The summed E-state index contributed by atoms with van der Waals surface area (Å²) in [6.45, 7) is 7.53. The molecule has 0 unspecified atom stereocenters. The van der Waals surface area contributed by atoms with Crippen LogP contribution in [0.3, 0.4) is 0 Å². The Morgan fingerprint density at radius 2 is 1.12 bits per heavy atom. The molecule has 0 spiro atoms. The molecule has 4 aromatic rings. The molecule has 2 aliphatic carbocycles. The number of amides is 4. The Kier molecular flexibility index (Phi) is 10.1. The molecular weight excluding hydrogens is 725 g/mol. The predicted octanol–water partition coefficient (Wildman–Crippen LogP) is 6.63. The van der Waals surface area contributed by atoms with Crippen molar-refractivity contribution in [1.82, 2.24) is 40.4 Å². The number of aromatic amines is 2. The van der Waals surface area contributed by atoms with Gasteiger partial charge in [-0.3, -0.25) is 9.59 Å². The van der Waals surface area contributed by atoms with Crippen LogP contribution in [0.15, 0.2) is 60.9 Å². The quantitative estimate of drug-likeness (QED) is 0.0993. The molecule has 5 N–H and O–H groups in total. The average Bonchev–Trinajstić information content (AvgIpc) is 3.78. The van der Waals surface area contributed by atoms with Crippen LogP contribution in [0.25, 0.3) is 34.7 Å². The maximum absolute atomic E-state index is 13.7. The van der Waals surface area contributed by atoms with Crippen molar-refractivity contribution in [3.05, 3.63) is 83.7 Å². The van der Waals surface area contributed by atoms with E-state index in [9.17, 15) is 24.3 Å². The minimum atomic E-state index is -1.20. The number of imidazole rings is 2. The molecule has 0 bridgehead atoms. The van der Waals surface area contributed by atoms with Gasteiger partial charge in [0, 0.05) is 12.1 Å². The molecule has 2 aromatic heterocycles. The predicted molar refractivity (Wildman–Crippen MR) is 213 cm³/mol. The third-order valence-corrected chi connectivity index (χ3v) is 12.1. The van der Waals surface area contributed by atoms with E-state index in [-0.39, 0.29) is 47.8 Å². The molecule has 14 heteroatoms. The smallest absolute Gasteiger partial charge is 0.407 e. The molecule has 8 atom stereocenters. The summed E-state index contributed by atoms with van der Waals surface area (Å²) >= 11 is 0. The first-order valence-electron chi connectivity index (χ1n) is 19.9. The average molecular weight is 775 g/mol. The van der Waals surface area contributed by atoms with Crippen molar-refractivity contribution >= 4 is 36.2 Å². The summed E-state index contributed by atoms with van der Waals surface area (Å²) in [5.74, 6) is 1.78. The molecule has 57 heavy (non-hydrogen) atoms. The summed E-state index contributed by atoms with van der Waals surface area (Å²) in [5, 5.41) is 14.5. The van der Waals surface area contributed by atoms with Crippen LogP contribution >= 0.6 is 0 Å². The van der Waals surface area contributed by atoms with Gasteiger partial charge in [-0.2, -0.15) is 0 Å². The number of nitrogens with one attached hydrogen (secondary N) is 4. The van der Waals surface area contributed by atoms with Crippen LogP contribution < -0.4 is 10.6 Å². The van der Waals surface area contributed by atoms with Crippen molar-refractivity contribution in [3.63, 3.8) is 0 Å². The SMILES string of the molecule is COC(=O)N[C@H](C(=O)N1[C@@H]2C[C@@H]2C[C@H]1c1ncc(-c2ccc(C=Cc3ccc(-c4cnc([C@@H]5C[C@H]6C[C@H]6N5C(=O)[C@@H](NC(=O)O)C(C)C)[nH]4)cc3)cc2)[nH]1)C(C)C. The van der Waals surface area contributed by atoms with Crippen molar-refractivity contribution in [1.29, 1.82) is 0 Å². The molecule has 2 aromatic carbocycles. The number of ether oxygens (including phenoxy) is 1. The van der Waals surface area contributed by atoms with Crippen LogP contribution in [0, 0.1) is 23.7 Å². The number of H-pyrrole nitrogens is 2. The summed E-state index contributed by atoms with van der Waals surface area (Å²) < 4.78 is 4.78. The van der Waals surface area contributed by atoms with Gasteiger partial charge in [0.25, 0.3) is 0 Å². The number of carboxylic acid groups (broad SMARTS) is 1. The molecule has 4 aliphatic rings. The first-order chi connectivity index (χ1) is 27.4. The van der Waals surface area contributed by atoms with Crippen LogP contribution in [0.2, 0.25) is 0 Å². The highest BCUT2D eigenvalue weighted by Gasteiger charge is 2.57. The minimum Gasteiger partial charge on any atom is -0.465 e. The Morgan fingerprint density at radius 1 is 0.702 bits per heavy atom. The number of rotatable bonds is 12. The summed E-state index contributed by atoms with van der Waals surface area (Å²) in [4.78, 5) is 70.8. The van der Waals surface area contributed by atoms with E-state index >= 15 is 0 Å². The lowest BCUT2D eigenvalue weighted by Gasteiger charge is -2.31. The number of aromatic nitrogens is 4. The summed E-state index contributed by atoms with van der Waals surface area (Å²) in [6.07, 6.45) is 9.51. The number of benzene rings is 2. The Hall–Kier alpha value is -5.92. The Morgan fingerprint density at radius 3 is 1.51 bits per heavy atom. The Labute approximate surface area is 331 Å². The molecule has 2 saturated carbocycles. The standard InChI is InChI=1S/C43H50N8O6/c1-22(2)36(48-42(54)55)40(52)50-32-16-28(32)18-34(50)38-44-20-30(46-38)26-12-8-24(9-13-26)6-7-25-10-14-27(15-11-25)31-21-45-39(47-31)35-19-29-17-33(29)51(35)41(53)37(23(3)4)49-43(56)57-5/h6-15,20-23,28-29,32-37,48H,16-19H2,1-5H3,(H,44,46)(H,45,47)(H,49,56)(H,54,55)/t28-,29-,32-,33-,34+,35+,36+,37+/m1/s1. The van der Waals surface area contributed by atoms with Crippen molar-refractivity contribution in [2.75, 3.05) is 7.11 Å². The zero-order chi connectivity index (χ0) is 40.1. The highest BCUT2D eigenvalue weighted by atomic mass is 16.5. The second-order valence-electron chi connectivity index (χ2n) is 16.6. The number of alkyl carbamates (subject to hydrolysis) is 1. The summed E-state index contributed by atoms with van der Waals surface area (Å²) in [6, 6.07) is 14.8. The van der Waals surface area contributed by atoms with Crippen LogP contribution in [-0.4, -0.2) is 90.1 Å². The lowest BCUT2D eigenvalue weighted by Crippen LogP contribution is -2.52. The number of hydrogen-bond acceptors (Lipinski definition) is 7. The first kappa shape index (κ1) is 38.0. The lowest BCUT2D eigenvalue weighted by molar-refractivity contribution is -0.137. The monoisotopic (exact) mass is 774 g/mol. The van der Waals surface area contributed by atoms with Gasteiger partial charge in [-0.15, -0.1) is 0 Å². The van der Waals surface area contributed by atoms with E-state index in [1.807, 2.05) is 80.1 Å². The largest absolute Gasteiger partial charge is 0.465 e. The van der Waals surface area contributed by atoms with Crippen LogP contribution in [0.4, 0.5) is 9.59 Å². The number of carbonyl (C=O) groups is 4. The number of nitrogens with zero attached hydrogens (tertiary/aromatic N) is 4. The van der Waals surface area contributed by atoms with E-state index in [4.69, 9.17) is 9.72 Å². The number of hydrogen-bond donors (Lipinski definition) is 5. The maximum Gasteiger partial charge on any atom is 0.407 e. The van der Waals surface area contributed by atoms with Gasteiger partial charge in [0.2, 0.25) is 11.8 Å². The maximum atomic E-state index is 13.7. The number of carbonyl (C=O) groups excluding carboxylic acids is 3. The van der Waals surface area contributed by atoms with E-state index in [1.165, 1.54) is 7.11 Å². The van der Waals surface area contributed by atoms with Gasteiger partial charge in [-0.1, -0.05) is 88.4 Å². The summed E-state index contributed by atoms with van der Waals surface area (Å²) in [5.41, 5.74) is 5.77. The normalized spacial score (nSPS) is 24.3. The second-order valence-corrected chi connectivity index (χ2v) is 16.6. The molecule has 2 saturated heterocycles. The van der Waals surface area contributed by atoms with Crippen LogP contribution in [-0.2, 0) is 14.3 Å². The molecule has 298 valence electrons. The van der Waals surface area contributed by atoms with E-state index < -0.39 is 24.3 Å². The van der Waals surface area contributed by atoms with Gasteiger partial charge >= 0.3 is 12.2 Å². The molecule has 4 amide bonds. The van der Waals surface area contributed by atoms with Crippen LogP contribution in [0.1, 0.15) is 88.2 Å². The van der Waals surface area contributed by atoms with E-state index in [0.29, 0.717) is 11.8 Å². The zero-order valence-electron chi connectivity index (χ0n) is 32.8. The summed E-state index contributed by atoms with van der Waals surface area (Å²) in [7, 11) is 1.30. The lowest BCUT2D eigenvalue weighted by atomic mass is 10.0. The van der Waals surface area contributed by atoms with E-state index in [1.54, 1.807) is 6.20 Å². The van der Waals surface area contributed by atoms with Gasteiger partial charge in [-0.25, -0.2) is 19.6 Å². The van der Waals surface area contributed by atoms with Gasteiger partial charge in [0.15, 0.2) is 0 Å². The number of piperidine rings is 2. The first-order valence-corrected chi connectivity index (χ1v) is 19.9. The van der Waals surface area contributed by atoms with Crippen molar-refractivity contribution in [2.24, 2.45) is 23.7 Å². The van der Waals surface area contributed by atoms with Crippen LogP contribution in [0.5, 0.6) is 0 Å². The fourth-order valence-electron chi connectivity index (χ4n) is 8.75. The number of likely N-dealkylation sites (tertiary alicyclic amines) is 2. The molecular formula is C43H50N8O6. The molecule has 4 fully saturated rings. The highest BCUT2D eigenvalue weighted by Crippen LogP contribution is 2.54. The topological polar surface area (TPSA) is 186 Å². The Bertz CT molecular complexity index is 2170. The minimum absolute atomic E-state index is 0.0963. The number of fused-ring (bicyclic) bond motifs is 2. The molecule has 4 heterocycles. The zero-order valence-corrected chi connectivity index (χ0v) is 32.8. The third kappa shape index (κ3) is 7.64. The molecule has 8 rings (SSSR count). The van der Waals surface area contributed by atoms with Crippen molar-refractivity contribution in [3.8, 4) is 22.5 Å². The fourth-order valence-corrected chi connectivity index (χ4v) is 8.75. The second kappa shape index (κ2) is 15.2. The Balaban J connectivity index is 0.896. The van der Waals surface area contributed by atoms with Crippen molar-refractivity contribution < 1.29 is 29.0 Å². The molecule has 0 radical (unpaired) electrons.